The average Bonchev–Trinajstić information content (AvgIpc) is 2.87. The SMILES string of the molecule is CC1C(C(=O)O)CCN1C(=O)COc1ccccc1C#N. The summed E-state index contributed by atoms with van der Waals surface area (Å²) in [5.41, 5.74) is 0.364. The van der Waals surface area contributed by atoms with E-state index in [-0.39, 0.29) is 18.6 Å². The summed E-state index contributed by atoms with van der Waals surface area (Å²) in [6, 6.07) is 8.32. The Morgan fingerprint density at radius 2 is 2.19 bits per heavy atom. The van der Waals surface area contributed by atoms with Crippen LogP contribution in [0.25, 0.3) is 0 Å². The van der Waals surface area contributed by atoms with Gasteiger partial charge < -0.3 is 14.7 Å². The summed E-state index contributed by atoms with van der Waals surface area (Å²) in [5, 5.41) is 18.0. The number of rotatable bonds is 4. The number of aliphatic carboxylic acids is 1. The summed E-state index contributed by atoms with van der Waals surface area (Å²) in [5.74, 6) is -1.32. The summed E-state index contributed by atoms with van der Waals surface area (Å²) in [7, 11) is 0. The number of carbonyl (C=O) groups is 2. The van der Waals surface area contributed by atoms with E-state index in [4.69, 9.17) is 15.1 Å². The molecule has 6 heteroatoms. The molecule has 0 saturated carbocycles. The molecule has 0 aliphatic carbocycles. The number of ether oxygens (including phenoxy) is 1. The van der Waals surface area contributed by atoms with Crippen LogP contribution in [0.3, 0.4) is 0 Å². The zero-order valence-corrected chi connectivity index (χ0v) is 11.7. The molecule has 0 spiro atoms. The number of benzene rings is 1. The first-order valence-corrected chi connectivity index (χ1v) is 6.68. The van der Waals surface area contributed by atoms with Gasteiger partial charge in [0.2, 0.25) is 0 Å². The quantitative estimate of drug-likeness (QED) is 0.900. The Morgan fingerprint density at radius 1 is 1.48 bits per heavy atom. The number of nitriles is 1. The van der Waals surface area contributed by atoms with Crippen molar-refractivity contribution in [1.29, 1.82) is 5.26 Å². The molecule has 1 aromatic carbocycles. The molecule has 6 nitrogen and oxygen atoms in total. The summed E-state index contributed by atoms with van der Waals surface area (Å²) >= 11 is 0. The summed E-state index contributed by atoms with van der Waals surface area (Å²) in [6.45, 7) is 1.95. The number of hydrogen-bond acceptors (Lipinski definition) is 4. The molecular weight excluding hydrogens is 272 g/mol. The monoisotopic (exact) mass is 288 g/mol. The van der Waals surface area contributed by atoms with E-state index in [2.05, 4.69) is 0 Å². The van der Waals surface area contributed by atoms with Gasteiger partial charge in [0.05, 0.1) is 11.5 Å². The molecule has 2 rings (SSSR count). The number of amides is 1. The Bertz CT molecular complexity index is 594. The van der Waals surface area contributed by atoms with Gasteiger partial charge >= 0.3 is 5.97 Å². The highest BCUT2D eigenvalue weighted by molar-refractivity contribution is 5.80. The minimum atomic E-state index is -0.881. The summed E-state index contributed by atoms with van der Waals surface area (Å²) < 4.78 is 5.39. The fraction of sp³-hybridized carbons (Fsp3) is 0.400. The third-order valence-corrected chi connectivity index (χ3v) is 3.75. The summed E-state index contributed by atoms with van der Waals surface area (Å²) in [4.78, 5) is 24.7. The first-order valence-electron chi connectivity index (χ1n) is 6.68. The predicted octanol–water partition coefficient (Wildman–Crippen LogP) is 1.26. The average molecular weight is 288 g/mol. The molecule has 1 fully saturated rings. The zero-order valence-electron chi connectivity index (χ0n) is 11.7. The maximum absolute atomic E-state index is 12.1. The molecule has 1 aromatic rings. The van der Waals surface area contributed by atoms with Gasteiger partial charge in [0.15, 0.2) is 6.61 Å². The van der Waals surface area contributed by atoms with E-state index in [1.54, 1.807) is 31.2 Å². The van der Waals surface area contributed by atoms with E-state index >= 15 is 0 Å². The largest absolute Gasteiger partial charge is 0.482 e. The van der Waals surface area contributed by atoms with Crippen molar-refractivity contribution < 1.29 is 19.4 Å². The first kappa shape index (κ1) is 14.9. The van der Waals surface area contributed by atoms with Gasteiger partial charge in [-0.15, -0.1) is 0 Å². The predicted molar refractivity (Wildman–Crippen MR) is 73.6 cm³/mol. The van der Waals surface area contributed by atoms with Gasteiger partial charge in [-0.2, -0.15) is 5.26 Å². The van der Waals surface area contributed by atoms with Gasteiger partial charge in [-0.05, 0) is 25.5 Å². The highest BCUT2D eigenvalue weighted by Crippen LogP contribution is 2.24. The van der Waals surface area contributed by atoms with Gasteiger partial charge in [-0.25, -0.2) is 0 Å². The number of likely N-dealkylation sites (tertiary alicyclic amines) is 1. The normalized spacial score (nSPS) is 20.9. The van der Waals surface area contributed by atoms with Crippen LogP contribution in [0.4, 0.5) is 0 Å². The van der Waals surface area contributed by atoms with Crippen molar-refractivity contribution in [2.45, 2.75) is 19.4 Å². The Balaban J connectivity index is 1.97. The second-order valence-electron chi connectivity index (χ2n) is 4.96. The molecule has 1 heterocycles. The highest BCUT2D eigenvalue weighted by atomic mass is 16.5. The number of carboxylic acids is 1. The van der Waals surface area contributed by atoms with Crippen molar-refractivity contribution in [1.82, 2.24) is 4.90 Å². The topological polar surface area (TPSA) is 90.6 Å². The molecule has 21 heavy (non-hydrogen) atoms. The van der Waals surface area contributed by atoms with E-state index in [9.17, 15) is 9.59 Å². The van der Waals surface area contributed by atoms with E-state index in [1.807, 2.05) is 6.07 Å². The van der Waals surface area contributed by atoms with Crippen LogP contribution in [0.1, 0.15) is 18.9 Å². The van der Waals surface area contributed by atoms with Crippen molar-refractivity contribution in [2.24, 2.45) is 5.92 Å². The molecule has 110 valence electrons. The van der Waals surface area contributed by atoms with Gasteiger partial charge in [-0.3, -0.25) is 9.59 Å². The standard InChI is InChI=1S/C15H16N2O4/c1-10-12(15(19)20)6-7-17(10)14(18)9-21-13-5-3-2-4-11(13)8-16/h2-5,10,12H,6-7,9H2,1H3,(H,19,20). The van der Waals surface area contributed by atoms with Crippen LogP contribution in [0.5, 0.6) is 5.75 Å². The number of hydrogen-bond donors (Lipinski definition) is 1. The molecule has 1 N–H and O–H groups in total. The minimum Gasteiger partial charge on any atom is -0.482 e. The molecule has 0 bridgehead atoms. The van der Waals surface area contributed by atoms with Crippen molar-refractivity contribution in [2.75, 3.05) is 13.2 Å². The fourth-order valence-corrected chi connectivity index (χ4v) is 2.53. The Kier molecular flexibility index (Phi) is 4.43. The number of carboxylic acid groups (broad SMARTS) is 1. The van der Waals surface area contributed by atoms with Crippen LogP contribution in [-0.2, 0) is 9.59 Å². The lowest BCUT2D eigenvalue weighted by atomic mass is 10.0. The molecule has 2 atom stereocenters. The van der Waals surface area contributed by atoms with Crippen LogP contribution >= 0.6 is 0 Å². The third-order valence-electron chi connectivity index (χ3n) is 3.75. The molecule has 0 aromatic heterocycles. The van der Waals surface area contributed by atoms with Crippen LogP contribution in [0, 0.1) is 17.2 Å². The van der Waals surface area contributed by atoms with Crippen LogP contribution in [0.15, 0.2) is 24.3 Å². The lowest BCUT2D eigenvalue weighted by Gasteiger charge is -2.23. The fourth-order valence-electron chi connectivity index (χ4n) is 2.53. The van der Waals surface area contributed by atoms with Crippen molar-refractivity contribution in [3.05, 3.63) is 29.8 Å². The lowest BCUT2D eigenvalue weighted by Crippen LogP contribution is -2.40. The molecule has 2 unspecified atom stereocenters. The molecule has 1 aliphatic rings. The van der Waals surface area contributed by atoms with Gasteiger partial charge in [0, 0.05) is 12.6 Å². The van der Waals surface area contributed by atoms with Gasteiger partial charge in [-0.1, -0.05) is 12.1 Å². The minimum absolute atomic E-state index is 0.199. The van der Waals surface area contributed by atoms with E-state index in [0.717, 1.165) is 0 Å². The molecular formula is C15H16N2O4. The van der Waals surface area contributed by atoms with Gasteiger partial charge in [0.1, 0.15) is 11.8 Å². The van der Waals surface area contributed by atoms with Crippen LogP contribution in [0.2, 0.25) is 0 Å². The molecule has 1 amide bonds. The molecule has 1 aliphatic heterocycles. The highest BCUT2D eigenvalue weighted by Gasteiger charge is 2.38. The Labute approximate surface area is 122 Å². The zero-order chi connectivity index (χ0) is 15.4. The molecule has 1 saturated heterocycles. The lowest BCUT2D eigenvalue weighted by molar-refractivity contribution is -0.143. The Morgan fingerprint density at radius 3 is 2.81 bits per heavy atom. The third kappa shape index (κ3) is 3.14. The summed E-state index contributed by atoms with van der Waals surface area (Å²) in [6.07, 6.45) is 0.455. The van der Waals surface area contributed by atoms with Crippen molar-refractivity contribution in [3.63, 3.8) is 0 Å². The van der Waals surface area contributed by atoms with Crippen molar-refractivity contribution in [3.8, 4) is 11.8 Å². The maximum Gasteiger partial charge on any atom is 0.308 e. The van der Waals surface area contributed by atoms with Crippen molar-refractivity contribution >= 4 is 11.9 Å². The second kappa shape index (κ2) is 6.27. The Hall–Kier alpha value is -2.55. The van der Waals surface area contributed by atoms with E-state index < -0.39 is 11.9 Å². The number of carbonyl (C=O) groups excluding carboxylic acids is 1. The maximum atomic E-state index is 12.1. The first-order chi connectivity index (χ1) is 10.0. The number of nitrogens with zero attached hydrogens (tertiary/aromatic N) is 2. The molecule has 0 radical (unpaired) electrons. The van der Waals surface area contributed by atoms with E-state index in [1.165, 1.54) is 4.90 Å². The van der Waals surface area contributed by atoms with Crippen LogP contribution < -0.4 is 4.74 Å². The number of para-hydroxylation sites is 1. The van der Waals surface area contributed by atoms with E-state index in [0.29, 0.717) is 24.3 Å². The van der Waals surface area contributed by atoms with Gasteiger partial charge in [0.25, 0.3) is 5.91 Å². The van der Waals surface area contributed by atoms with Crippen LogP contribution in [-0.4, -0.2) is 41.1 Å². The smallest absolute Gasteiger partial charge is 0.308 e. The second-order valence-corrected chi connectivity index (χ2v) is 4.96.